The summed E-state index contributed by atoms with van der Waals surface area (Å²) in [6, 6.07) is 5.58. The van der Waals surface area contributed by atoms with Gasteiger partial charge in [0.05, 0.1) is 16.1 Å². The van der Waals surface area contributed by atoms with Crippen LogP contribution < -0.4 is 0 Å². The summed E-state index contributed by atoms with van der Waals surface area (Å²) in [4.78, 5) is 35.0. The summed E-state index contributed by atoms with van der Waals surface area (Å²) in [5.74, 6) is 0.614. The Bertz CT molecular complexity index is 1190. The first-order valence-corrected chi connectivity index (χ1v) is 14.1. The SMILES string of the molecule is CC12CCC(OC(=O)c3ccc([N+](=O)[O-])cc3)CC1CCC1C2CCC2(C)C(C3=CC(=O)OC3)CCC12O. The molecule has 0 amide bonds. The van der Waals surface area contributed by atoms with E-state index in [2.05, 4.69) is 13.8 Å². The van der Waals surface area contributed by atoms with Gasteiger partial charge in [-0.1, -0.05) is 13.8 Å². The monoisotopic (exact) mass is 523 g/mol. The molecule has 38 heavy (non-hydrogen) atoms. The van der Waals surface area contributed by atoms with Gasteiger partial charge in [0.25, 0.3) is 5.69 Å². The number of non-ortho nitro benzene ring substituents is 1. The van der Waals surface area contributed by atoms with E-state index >= 15 is 0 Å². The Hall–Kier alpha value is -2.74. The van der Waals surface area contributed by atoms with Gasteiger partial charge in [-0.25, -0.2) is 9.59 Å². The number of carbonyl (C=O) groups excluding carboxylic acids is 2. The van der Waals surface area contributed by atoms with Gasteiger partial charge >= 0.3 is 11.9 Å². The third-order valence-electron chi connectivity index (χ3n) is 11.5. The molecule has 204 valence electrons. The van der Waals surface area contributed by atoms with Crippen molar-refractivity contribution in [3.8, 4) is 0 Å². The number of nitro benzene ring substituents is 1. The summed E-state index contributed by atoms with van der Waals surface area (Å²) in [6.07, 6.45) is 9.75. The Balaban J connectivity index is 1.15. The normalized spacial score (nSPS) is 41.8. The van der Waals surface area contributed by atoms with Gasteiger partial charge in [-0.3, -0.25) is 10.1 Å². The lowest BCUT2D eigenvalue weighted by Gasteiger charge is -2.63. The van der Waals surface area contributed by atoms with Crippen molar-refractivity contribution in [2.45, 2.75) is 83.3 Å². The van der Waals surface area contributed by atoms with E-state index in [-0.39, 0.29) is 40.4 Å². The number of aliphatic hydroxyl groups is 1. The second-order valence-electron chi connectivity index (χ2n) is 12.9. The number of hydrogen-bond acceptors (Lipinski definition) is 7. The fourth-order valence-electron chi connectivity index (χ4n) is 9.42. The van der Waals surface area contributed by atoms with E-state index < -0.39 is 16.5 Å². The molecule has 8 heteroatoms. The number of carbonyl (C=O) groups is 2. The van der Waals surface area contributed by atoms with E-state index in [0.29, 0.717) is 24.0 Å². The van der Waals surface area contributed by atoms with Crippen LogP contribution >= 0.6 is 0 Å². The molecule has 0 aromatic heterocycles. The molecule has 0 bridgehead atoms. The minimum absolute atomic E-state index is 0.0487. The van der Waals surface area contributed by atoms with Crippen LogP contribution in [0.15, 0.2) is 35.9 Å². The summed E-state index contributed by atoms with van der Waals surface area (Å²) in [7, 11) is 0. The fraction of sp³-hybridized carbons (Fsp3) is 0.667. The number of cyclic esters (lactones) is 1. The molecule has 1 aromatic carbocycles. The first-order chi connectivity index (χ1) is 18.0. The Morgan fingerprint density at radius 3 is 2.50 bits per heavy atom. The number of ether oxygens (including phenoxy) is 2. The number of nitrogens with zero attached hydrogens (tertiary/aromatic N) is 1. The van der Waals surface area contributed by atoms with Crippen LogP contribution in [0, 0.1) is 44.6 Å². The minimum atomic E-state index is -0.736. The van der Waals surface area contributed by atoms with Crippen LogP contribution in [-0.4, -0.2) is 40.3 Å². The van der Waals surface area contributed by atoms with E-state index in [4.69, 9.17) is 9.47 Å². The zero-order valence-corrected chi connectivity index (χ0v) is 22.2. The first kappa shape index (κ1) is 25.5. The molecule has 4 fully saturated rings. The van der Waals surface area contributed by atoms with Gasteiger partial charge in [0.2, 0.25) is 0 Å². The Morgan fingerprint density at radius 2 is 1.82 bits per heavy atom. The van der Waals surface area contributed by atoms with Crippen LogP contribution in [0.3, 0.4) is 0 Å². The molecular weight excluding hydrogens is 486 g/mol. The van der Waals surface area contributed by atoms with Crippen molar-refractivity contribution in [3.05, 3.63) is 51.6 Å². The highest BCUT2D eigenvalue weighted by atomic mass is 16.6. The molecule has 5 aliphatic rings. The van der Waals surface area contributed by atoms with Gasteiger partial charge in [-0.15, -0.1) is 0 Å². The van der Waals surface area contributed by atoms with Crippen LogP contribution in [0.4, 0.5) is 5.69 Å². The van der Waals surface area contributed by atoms with Crippen LogP contribution in [0.5, 0.6) is 0 Å². The zero-order chi connectivity index (χ0) is 26.9. The molecule has 0 saturated heterocycles. The molecule has 6 rings (SSSR count). The predicted octanol–water partition coefficient (Wildman–Crippen LogP) is 5.38. The third-order valence-corrected chi connectivity index (χ3v) is 11.5. The molecular formula is C30H37NO7. The lowest BCUT2D eigenvalue weighted by molar-refractivity contribution is -0.384. The maximum Gasteiger partial charge on any atom is 0.338 e. The molecule has 1 aliphatic heterocycles. The van der Waals surface area contributed by atoms with E-state index in [1.165, 1.54) is 24.3 Å². The number of hydrogen-bond donors (Lipinski definition) is 1. The summed E-state index contributed by atoms with van der Waals surface area (Å²) in [6.45, 7) is 5.00. The second kappa shape index (κ2) is 8.90. The number of nitro groups is 1. The highest BCUT2D eigenvalue weighted by Crippen LogP contribution is 2.70. The van der Waals surface area contributed by atoms with Gasteiger partial charge in [-0.05, 0) is 105 Å². The minimum Gasteiger partial charge on any atom is -0.459 e. The molecule has 8 nitrogen and oxygen atoms in total. The van der Waals surface area contributed by atoms with Crippen LogP contribution in [0.2, 0.25) is 0 Å². The number of fused-ring (bicyclic) bond motifs is 5. The van der Waals surface area contributed by atoms with E-state index in [0.717, 1.165) is 63.4 Å². The van der Waals surface area contributed by atoms with Gasteiger partial charge in [0, 0.05) is 23.6 Å². The van der Waals surface area contributed by atoms with Crippen molar-refractivity contribution < 1.29 is 29.1 Å². The molecule has 4 saturated carbocycles. The van der Waals surface area contributed by atoms with Crippen molar-refractivity contribution in [2.75, 3.05) is 6.61 Å². The third kappa shape index (κ3) is 3.74. The lowest BCUT2D eigenvalue weighted by Crippen LogP contribution is -2.62. The molecule has 8 atom stereocenters. The van der Waals surface area contributed by atoms with Gasteiger partial charge in [0.1, 0.15) is 12.7 Å². The molecule has 0 spiro atoms. The Morgan fingerprint density at radius 1 is 1.05 bits per heavy atom. The van der Waals surface area contributed by atoms with Crippen molar-refractivity contribution in [1.29, 1.82) is 0 Å². The molecule has 1 heterocycles. The quantitative estimate of drug-likeness (QED) is 0.320. The zero-order valence-electron chi connectivity index (χ0n) is 22.2. The average Bonchev–Trinajstić information content (AvgIpc) is 3.44. The molecule has 0 radical (unpaired) electrons. The lowest BCUT2D eigenvalue weighted by atomic mass is 9.43. The van der Waals surface area contributed by atoms with E-state index in [1.807, 2.05) is 0 Å². The highest BCUT2D eigenvalue weighted by molar-refractivity contribution is 5.89. The number of esters is 2. The van der Waals surface area contributed by atoms with Gasteiger partial charge in [-0.2, -0.15) is 0 Å². The van der Waals surface area contributed by atoms with Gasteiger partial charge < -0.3 is 14.6 Å². The van der Waals surface area contributed by atoms with Crippen molar-refractivity contribution in [3.63, 3.8) is 0 Å². The summed E-state index contributed by atoms with van der Waals surface area (Å²) < 4.78 is 11.1. The standard InChI is InChI=1S/C30H37NO7/c1-28-12-9-22(38-27(33)18-3-6-21(7-4-18)31(35)36)16-20(28)5-8-25-24(28)10-13-29(2)23(11-14-30(25,29)34)19-15-26(32)37-17-19/h3-4,6-7,15,20,22-25,34H,5,8-14,16-17H2,1-2H3. The summed E-state index contributed by atoms with van der Waals surface area (Å²) in [5.41, 5.74) is 0.464. The van der Waals surface area contributed by atoms with Crippen molar-refractivity contribution >= 4 is 17.6 Å². The maximum absolute atomic E-state index is 12.8. The molecule has 4 aliphatic carbocycles. The number of rotatable bonds is 4. The van der Waals surface area contributed by atoms with Crippen LogP contribution in [0.1, 0.15) is 82.0 Å². The fourth-order valence-corrected chi connectivity index (χ4v) is 9.42. The smallest absolute Gasteiger partial charge is 0.338 e. The highest BCUT2D eigenvalue weighted by Gasteiger charge is 2.67. The topological polar surface area (TPSA) is 116 Å². The van der Waals surface area contributed by atoms with Crippen molar-refractivity contribution in [2.24, 2.45) is 34.5 Å². The second-order valence-corrected chi connectivity index (χ2v) is 12.9. The largest absolute Gasteiger partial charge is 0.459 e. The summed E-state index contributed by atoms with van der Waals surface area (Å²) in [5, 5.41) is 23.3. The summed E-state index contributed by atoms with van der Waals surface area (Å²) >= 11 is 0. The van der Waals surface area contributed by atoms with Crippen molar-refractivity contribution in [1.82, 2.24) is 0 Å². The average molecular weight is 524 g/mol. The maximum atomic E-state index is 12.8. The van der Waals surface area contributed by atoms with Crippen LogP contribution in [-0.2, 0) is 14.3 Å². The number of benzene rings is 1. The molecule has 1 N–H and O–H groups in total. The van der Waals surface area contributed by atoms with Crippen LogP contribution in [0.25, 0.3) is 0 Å². The Kier molecular flexibility index (Phi) is 5.98. The first-order valence-electron chi connectivity index (χ1n) is 14.1. The predicted molar refractivity (Wildman–Crippen MR) is 138 cm³/mol. The van der Waals surface area contributed by atoms with E-state index in [1.54, 1.807) is 6.08 Å². The Labute approximate surface area is 222 Å². The molecule has 8 unspecified atom stereocenters. The van der Waals surface area contributed by atoms with Gasteiger partial charge in [0.15, 0.2) is 0 Å². The van der Waals surface area contributed by atoms with E-state index in [9.17, 15) is 24.8 Å². The molecule has 1 aromatic rings.